The molecule has 0 saturated heterocycles. The molecule has 1 unspecified atom stereocenters. The van der Waals surface area contributed by atoms with Crippen LogP contribution in [0.1, 0.15) is 23.6 Å². The molecular formula is C22H24BrN. The predicted molar refractivity (Wildman–Crippen MR) is 108 cm³/mol. The summed E-state index contributed by atoms with van der Waals surface area (Å²) < 4.78 is 0. The quantitative estimate of drug-likeness (QED) is 0.650. The van der Waals surface area contributed by atoms with Crippen LogP contribution in [0.4, 0.5) is 0 Å². The number of hydrogen-bond acceptors (Lipinski definition) is 1. The topological polar surface area (TPSA) is 26.0 Å². The fourth-order valence-electron chi connectivity index (χ4n) is 3.45. The second-order valence-corrected chi connectivity index (χ2v) is 6.15. The zero-order valence-corrected chi connectivity index (χ0v) is 15.6. The molecule has 24 heavy (non-hydrogen) atoms. The van der Waals surface area contributed by atoms with Crippen molar-refractivity contribution in [1.82, 2.24) is 0 Å². The molecule has 3 aromatic rings. The number of benzene rings is 3. The molecule has 0 heterocycles. The van der Waals surface area contributed by atoms with Crippen LogP contribution in [0.25, 0.3) is 0 Å². The average Bonchev–Trinajstić information content (AvgIpc) is 2.62. The minimum atomic E-state index is -0.232. The largest absolute Gasteiger partial charge is 0.327 e. The van der Waals surface area contributed by atoms with Gasteiger partial charge in [-0.05, 0) is 30.0 Å². The van der Waals surface area contributed by atoms with Crippen molar-refractivity contribution in [3.8, 4) is 0 Å². The van der Waals surface area contributed by atoms with Gasteiger partial charge in [0.25, 0.3) is 0 Å². The summed E-state index contributed by atoms with van der Waals surface area (Å²) in [5, 5.41) is 0. The summed E-state index contributed by atoms with van der Waals surface area (Å²) in [6.45, 7) is 2.11. The van der Waals surface area contributed by atoms with Crippen LogP contribution in [0.3, 0.4) is 0 Å². The van der Waals surface area contributed by atoms with Crippen molar-refractivity contribution >= 4 is 17.0 Å². The Balaban J connectivity index is 0.00000208. The standard InChI is InChI=1S/C22H23N.BrH/c1-18(23)22(20-13-7-3-8-14-20,21-15-9-4-10-16-21)17-19-11-5-2-6-12-19;/h2-16,18H,17,23H2,1H3;1H. The Morgan fingerprint density at radius 3 is 1.46 bits per heavy atom. The summed E-state index contributed by atoms with van der Waals surface area (Å²) in [5.41, 5.74) is 10.2. The van der Waals surface area contributed by atoms with Gasteiger partial charge in [-0.3, -0.25) is 0 Å². The van der Waals surface area contributed by atoms with Crippen LogP contribution < -0.4 is 5.73 Å². The first kappa shape index (κ1) is 18.4. The van der Waals surface area contributed by atoms with Gasteiger partial charge in [0.2, 0.25) is 0 Å². The highest BCUT2D eigenvalue weighted by molar-refractivity contribution is 8.93. The molecule has 0 radical (unpaired) electrons. The van der Waals surface area contributed by atoms with E-state index in [2.05, 4.69) is 97.9 Å². The van der Waals surface area contributed by atoms with E-state index in [-0.39, 0.29) is 28.4 Å². The first-order valence-electron chi connectivity index (χ1n) is 8.14. The minimum Gasteiger partial charge on any atom is -0.327 e. The molecule has 0 aliphatic heterocycles. The normalized spacial score (nSPS) is 12.2. The maximum Gasteiger partial charge on any atom is 0.0391 e. The van der Waals surface area contributed by atoms with E-state index in [1.165, 1.54) is 16.7 Å². The third-order valence-electron chi connectivity index (χ3n) is 4.68. The van der Waals surface area contributed by atoms with Crippen molar-refractivity contribution in [2.75, 3.05) is 0 Å². The van der Waals surface area contributed by atoms with Crippen LogP contribution in [-0.2, 0) is 11.8 Å². The van der Waals surface area contributed by atoms with Crippen LogP contribution in [0, 0.1) is 0 Å². The number of halogens is 1. The summed E-state index contributed by atoms with van der Waals surface area (Å²) in [7, 11) is 0. The maximum atomic E-state index is 6.58. The van der Waals surface area contributed by atoms with Gasteiger partial charge >= 0.3 is 0 Å². The molecule has 2 N–H and O–H groups in total. The van der Waals surface area contributed by atoms with Crippen LogP contribution in [0.2, 0.25) is 0 Å². The highest BCUT2D eigenvalue weighted by Crippen LogP contribution is 2.38. The van der Waals surface area contributed by atoms with E-state index >= 15 is 0 Å². The van der Waals surface area contributed by atoms with Gasteiger partial charge in [-0.2, -0.15) is 0 Å². The molecule has 0 bridgehead atoms. The summed E-state index contributed by atoms with van der Waals surface area (Å²) in [6.07, 6.45) is 0.888. The van der Waals surface area contributed by atoms with E-state index in [9.17, 15) is 0 Å². The van der Waals surface area contributed by atoms with E-state index in [0.29, 0.717) is 0 Å². The number of nitrogens with two attached hydrogens (primary N) is 1. The van der Waals surface area contributed by atoms with Crippen molar-refractivity contribution in [3.05, 3.63) is 108 Å². The molecule has 0 spiro atoms. The highest BCUT2D eigenvalue weighted by atomic mass is 79.9. The van der Waals surface area contributed by atoms with Gasteiger partial charge < -0.3 is 5.73 Å². The van der Waals surface area contributed by atoms with Crippen LogP contribution >= 0.6 is 17.0 Å². The van der Waals surface area contributed by atoms with Crippen molar-refractivity contribution in [3.63, 3.8) is 0 Å². The summed E-state index contributed by atoms with van der Waals surface area (Å²) in [6, 6.07) is 31.9. The van der Waals surface area contributed by atoms with Gasteiger partial charge in [0.1, 0.15) is 0 Å². The molecule has 0 aliphatic carbocycles. The lowest BCUT2D eigenvalue weighted by atomic mass is 9.66. The van der Waals surface area contributed by atoms with E-state index < -0.39 is 0 Å². The molecule has 0 fully saturated rings. The monoisotopic (exact) mass is 381 g/mol. The predicted octanol–water partition coefficient (Wildman–Crippen LogP) is 5.14. The summed E-state index contributed by atoms with van der Waals surface area (Å²) in [5.74, 6) is 0. The summed E-state index contributed by atoms with van der Waals surface area (Å²) in [4.78, 5) is 0. The molecule has 2 heteroatoms. The van der Waals surface area contributed by atoms with E-state index in [0.717, 1.165) is 6.42 Å². The molecule has 124 valence electrons. The molecule has 3 rings (SSSR count). The Morgan fingerprint density at radius 2 is 1.08 bits per heavy atom. The van der Waals surface area contributed by atoms with Gasteiger partial charge in [0.15, 0.2) is 0 Å². The zero-order valence-electron chi connectivity index (χ0n) is 13.9. The minimum absolute atomic E-state index is 0. The molecule has 0 aromatic heterocycles. The Kier molecular flexibility index (Phi) is 6.36. The highest BCUT2D eigenvalue weighted by Gasteiger charge is 2.38. The Labute approximate surface area is 155 Å². The molecule has 3 aromatic carbocycles. The van der Waals surface area contributed by atoms with Crippen molar-refractivity contribution in [2.45, 2.75) is 24.8 Å². The zero-order chi connectivity index (χ0) is 16.1. The van der Waals surface area contributed by atoms with Gasteiger partial charge in [0.05, 0.1) is 0 Å². The first-order valence-corrected chi connectivity index (χ1v) is 8.14. The molecular weight excluding hydrogens is 358 g/mol. The van der Waals surface area contributed by atoms with Gasteiger partial charge in [0, 0.05) is 11.5 Å². The summed E-state index contributed by atoms with van der Waals surface area (Å²) >= 11 is 0. The lowest BCUT2D eigenvalue weighted by molar-refractivity contribution is 0.426. The van der Waals surface area contributed by atoms with E-state index in [1.807, 2.05) is 0 Å². The average molecular weight is 382 g/mol. The molecule has 1 nitrogen and oxygen atoms in total. The van der Waals surface area contributed by atoms with Gasteiger partial charge in [-0.1, -0.05) is 91.0 Å². The Hall–Kier alpha value is -1.90. The molecule has 0 aliphatic rings. The van der Waals surface area contributed by atoms with Crippen molar-refractivity contribution < 1.29 is 0 Å². The van der Waals surface area contributed by atoms with Crippen molar-refractivity contribution in [1.29, 1.82) is 0 Å². The lowest BCUT2D eigenvalue weighted by Crippen LogP contribution is -2.46. The second-order valence-electron chi connectivity index (χ2n) is 6.15. The Bertz CT molecular complexity index is 684. The third-order valence-corrected chi connectivity index (χ3v) is 4.68. The SMILES string of the molecule is Br.CC(N)C(Cc1ccccc1)(c1ccccc1)c1ccccc1. The van der Waals surface area contributed by atoms with Crippen LogP contribution in [0.15, 0.2) is 91.0 Å². The fraction of sp³-hybridized carbons (Fsp3) is 0.182. The van der Waals surface area contributed by atoms with E-state index in [1.54, 1.807) is 0 Å². The van der Waals surface area contributed by atoms with Crippen molar-refractivity contribution in [2.24, 2.45) is 5.73 Å². The molecule has 0 amide bonds. The molecule has 0 saturated carbocycles. The maximum absolute atomic E-state index is 6.58. The first-order chi connectivity index (χ1) is 11.2. The smallest absolute Gasteiger partial charge is 0.0391 e. The van der Waals surface area contributed by atoms with Crippen LogP contribution in [0.5, 0.6) is 0 Å². The number of hydrogen-bond donors (Lipinski definition) is 1. The number of rotatable bonds is 5. The fourth-order valence-corrected chi connectivity index (χ4v) is 3.45. The van der Waals surface area contributed by atoms with Crippen LogP contribution in [-0.4, -0.2) is 6.04 Å². The Morgan fingerprint density at radius 1 is 0.708 bits per heavy atom. The van der Waals surface area contributed by atoms with Gasteiger partial charge in [-0.15, -0.1) is 17.0 Å². The lowest BCUT2D eigenvalue weighted by Gasteiger charge is -2.39. The van der Waals surface area contributed by atoms with E-state index in [4.69, 9.17) is 5.73 Å². The van der Waals surface area contributed by atoms with Gasteiger partial charge in [-0.25, -0.2) is 0 Å². The third kappa shape index (κ3) is 3.61. The second kappa shape index (κ2) is 8.27. The molecule has 1 atom stereocenters.